The number of carbonyl (C=O) groups is 2. The zero-order valence-electron chi connectivity index (χ0n) is 25.3. The second-order valence-corrected chi connectivity index (χ2v) is 11.9. The van der Waals surface area contributed by atoms with Crippen molar-refractivity contribution in [3.05, 3.63) is 100 Å². The van der Waals surface area contributed by atoms with Crippen LogP contribution in [0.3, 0.4) is 0 Å². The van der Waals surface area contributed by atoms with Crippen LogP contribution in [0, 0.1) is 0 Å². The van der Waals surface area contributed by atoms with E-state index in [0.29, 0.717) is 33.6 Å². The van der Waals surface area contributed by atoms with Crippen molar-refractivity contribution in [1.82, 2.24) is 24.8 Å². The minimum Gasteiger partial charge on any atom is -0.491 e. The van der Waals surface area contributed by atoms with E-state index in [1.807, 2.05) is 61.6 Å². The number of fused-ring (bicyclic) bond motifs is 2. The first kappa shape index (κ1) is 29.5. The van der Waals surface area contributed by atoms with Crippen LogP contribution in [-0.2, 0) is 0 Å². The summed E-state index contributed by atoms with van der Waals surface area (Å²) in [6.45, 7) is 1.81. The van der Waals surface area contributed by atoms with E-state index < -0.39 is 6.10 Å². The molecule has 4 N–H and O–H groups in total. The molecule has 0 unspecified atom stereocenters. The number of likely N-dealkylation sites (tertiary alicyclic amines) is 1. The molecule has 11 heteroatoms. The number of nitrogens with one attached hydrogen (secondary N) is 3. The van der Waals surface area contributed by atoms with E-state index in [0.717, 1.165) is 37.1 Å². The van der Waals surface area contributed by atoms with Gasteiger partial charge in [0.15, 0.2) is 0 Å². The fourth-order valence-corrected chi connectivity index (χ4v) is 6.20. The summed E-state index contributed by atoms with van der Waals surface area (Å²) in [7, 11) is 2.03. The number of rotatable bonds is 9. The van der Waals surface area contributed by atoms with Crippen molar-refractivity contribution < 1.29 is 19.4 Å². The third kappa shape index (κ3) is 5.66. The number of anilines is 1. The lowest BCUT2D eigenvalue weighted by molar-refractivity contribution is 0.0516. The van der Waals surface area contributed by atoms with Gasteiger partial charge < -0.3 is 30.0 Å². The molecule has 2 aromatic heterocycles. The van der Waals surface area contributed by atoms with Gasteiger partial charge in [-0.05, 0) is 74.4 Å². The fraction of sp³-hybridized carbons (Fsp3) is 0.257. The van der Waals surface area contributed by atoms with Crippen LogP contribution in [-0.4, -0.2) is 87.1 Å². The number of H-pyrrole nitrogens is 2. The second-order valence-electron chi connectivity index (χ2n) is 11.9. The minimum absolute atomic E-state index is 0.0383. The van der Waals surface area contributed by atoms with E-state index in [1.165, 1.54) is 11.1 Å². The van der Waals surface area contributed by atoms with Gasteiger partial charge in [0.25, 0.3) is 17.4 Å². The summed E-state index contributed by atoms with van der Waals surface area (Å²) in [6, 6.07) is 22.5. The number of amides is 2. The molecule has 0 saturated carbocycles. The molecule has 1 fully saturated rings. The van der Waals surface area contributed by atoms with Crippen molar-refractivity contribution in [1.29, 1.82) is 0 Å². The Labute approximate surface area is 264 Å². The maximum Gasteiger partial charge on any atom is 0.261 e. The first-order valence-corrected chi connectivity index (χ1v) is 15.4. The zero-order valence-corrected chi connectivity index (χ0v) is 25.3. The number of pyridine rings is 1. The van der Waals surface area contributed by atoms with Crippen molar-refractivity contribution in [2.75, 3.05) is 38.6 Å². The third-order valence-corrected chi connectivity index (χ3v) is 8.68. The third-order valence-electron chi connectivity index (χ3n) is 8.68. The van der Waals surface area contributed by atoms with Crippen LogP contribution >= 0.6 is 0 Å². The molecule has 7 rings (SSSR count). The van der Waals surface area contributed by atoms with E-state index in [2.05, 4.69) is 25.2 Å². The topological polar surface area (TPSA) is 144 Å². The van der Waals surface area contributed by atoms with Crippen LogP contribution in [0.2, 0.25) is 0 Å². The van der Waals surface area contributed by atoms with Gasteiger partial charge in [0.05, 0.1) is 27.8 Å². The summed E-state index contributed by atoms with van der Waals surface area (Å²) in [5, 5.41) is 13.9. The zero-order chi connectivity index (χ0) is 31.8. The lowest BCUT2D eigenvalue weighted by atomic mass is 10.0. The highest BCUT2D eigenvalue weighted by Gasteiger charge is 2.41. The van der Waals surface area contributed by atoms with Crippen LogP contribution < -0.4 is 15.6 Å². The summed E-state index contributed by atoms with van der Waals surface area (Å²) < 4.78 is 5.87. The summed E-state index contributed by atoms with van der Waals surface area (Å²) in [5.74, 6) is 0.316. The normalized spacial score (nSPS) is 16.2. The predicted molar refractivity (Wildman–Crippen MR) is 175 cm³/mol. The monoisotopic (exact) mass is 618 g/mol. The number of aliphatic hydroxyl groups is 1. The Bertz CT molecular complexity index is 1930. The van der Waals surface area contributed by atoms with Crippen molar-refractivity contribution in [2.24, 2.45) is 0 Å². The molecule has 0 radical (unpaired) electrons. The van der Waals surface area contributed by atoms with Crippen molar-refractivity contribution in [3.8, 4) is 28.3 Å². The molecule has 0 bridgehead atoms. The highest BCUT2D eigenvalue weighted by Crippen LogP contribution is 2.33. The molecule has 4 heterocycles. The Morgan fingerprint density at radius 3 is 2.48 bits per heavy atom. The highest BCUT2D eigenvalue weighted by atomic mass is 16.5. The number of piperidine rings is 1. The average Bonchev–Trinajstić information content (AvgIpc) is 3.59. The van der Waals surface area contributed by atoms with E-state index in [1.54, 1.807) is 18.2 Å². The number of carbonyl (C=O) groups excluding carboxylic acids is 2. The van der Waals surface area contributed by atoms with Crippen molar-refractivity contribution in [2.45, 2.75) is 25.0 Å². The Kier molecular flexibility index (Phi) is 7.85. The molecule has 11 nitrogen and oxygen atoms in total. The Hall–Kier alpha value is -5.26. The lowest BCUT2D eigenvalue weighted by Gasteiger charge is -2.33. The Balaban J connectivity index is 1.06. The lowest BCUT2D eigenvalue weighted by Crippen LogP contribution is -2.46. The summed E-state index contributed by atoms with van der Waals surface area (Å²) in [4.78, 5) is 53.8. The molecule has 5 aromatic rings. The molecule has 1 atom stereocenters. The molecule has 0 aliphatic carbocycles. The minimum atomic E-state index is -0.879. The molecule has 46 heavy (non-hydrogen) atoms. The van der Waals surface area contributed by atoms with E-state index in [4.69, 9.17) is 4.74 Å². The molecule has 1 saturated heterocycles. The SMILES string of the molecule is CN1CCC(N2C(=O)c3cc4nc(-c5c(NC[C@@H](O)COc6cccc(-c7ccccc7)c6)cc[nH]c5=O)[nH]c4cc3C2=O)CC1. The number of ether oxygens (including phenoxy) is 1. The van der Waals surface area contributed by atoms with Gasteiger partial charge in [0.1, 0.15) is 29.8 Å². The quantitative estimate of drug-likeness (QED) is 0.181. The first-order valence-electron chi connectivity index (χ1n) is 15.4. The van der Waals surface area contributed by atoms with Crippen LogP contribution in [0.1, 0.15) is 33.6 Å². The fourth-order valence-electron chi connectivity index (χ4n) is 6.20. The Morgan fingerprint density at radius 2 is 1.70 bits per heavy atom. The van der Waals surface area contributed by atoms with Gasteiger partial charge >= 0.3 is 0 Å². The number of hydrogen-bond donors (Lipinski definition) is 4. The molecule has 2 amide bonds. The predicted octanol–water partition coefficient (Wildman–Crippen LogP) is 4.13. The average molecular weight is 619 g/mol. The maximum absolute atomic E-state index is 13.3. The van der Waals surface area contributed by atoms with Gasteiger partial charge in [-0.25, -0.2) is 4.98 Å². The number of imide groups is 1. The highest BCUT2D eigenvalue weighted by molar-refractivity contribution is 6.23. The van der Waals surface area contributed by atoms with Gasteiger partial charge in [-0.15, -0.1) is 0 Å². The summed E-state index contributed by atoms with van der Waals surface area (Å²) >= 11 is 0. The van der Waals surface area contributed by atoms with Gasteiger partial charge in [0, 0.05) is 18.8 Å². The van der Waals surface area contributed by atoms with Crippen molar-refractivity contribution >= 4 is 28.5 Å². The number of aromatic amines is 2. The smallest absolute Gasteiger partial charge is 0.261 e. The van der Waals surface area contributed by atoms with Gasteiger partial charge in [-0.2, -0.15) is 0 Å². The number of nitrogens with zero attached hydrogens (tertiary/aromatic N) is 3. The molecule has 234 valence electrons. The molecular weight excluding hydrogens is 584 g/mol. The number of benzene rings is 3. The number of imidazole rings is 1. The van der Waals surface area contributed by atoms with E-state index in [9.17, 15) is 19.5 Å². The van der Waals surface area contributed by atoms with Gasteiger partial charge in [-0.3, -0.25) is 19.3 Å². The van der Waals surface area contributed by atoms with Crippen LogP contribution in [0.25, 0.3) is 33.5 Å². The first-order chi connectivity index (χ1) is 22.4. The maximum atomic E-state index is 13.3. The standard InChI is InChI=1S/C35H34N6O5/c1-40-14-11-23(12-15-40)41-34(44)26-17-29-30(18-27(26)35(41)45)39-32(38-29)31-28(10-13-36-33(31)43)37-19-24(42)20-46-25-9-5-8-22(16-25)21-6-3-2-4-7-21/h2-10,13,16-18,23-24,42H,11-12,14-15,19-20H2,1H3,(H,38,39)(H2,36,37,43)/t24-/m1/s1. The van der Waals surface area contributed by atoms with E-state index >= 15 is 0 Å². The summed E-state index contributed by atoms with van der Waals surface area (Å²) in [5.41, 5.74) is 4.07. The van der Waals surface area contributed by atoms with Crippen molar-refractivity contribution in [3.63, 3.8) is 0 Å². The largest absolute Gasteiger partial charge is 0.491 e. The number of aromatic nitrogens is 3. The van der Waals surface area contributed by atoms with Gasteiger partial charge in [0.2, 0.25) is 0 Å². The van der Waals surface area contributed by atoms with Crippen LogP contribution in [0.5, 0.6) is 5.75 Å². The second kappa shape index (κ2) is 12.3. The molecule has 0 spiro atoms. The molecular formula is C35H34N6O5. The molecule has 3 aromatic carbocycles. The van der Waals surface area contributed by atoms with Crippen LogP contribution in [0.4, 0.5) is 5.69 Å². The Morgan fingerprint density at radius 1 is 0.957 bits per heavy atom. The van der Waals surface area contributed by atoms with Crippen LogP contribution in [0.15, 0.2) is 83.8 Å². The number of hydrogen-bond acceptors (Lipinski definition) is 8. The molecule has 2 aliphatic rings. The van der Waals surface area contributed by atoms with E-state index in [-0.39, 0.29) is 48.0 Å². The molecule has 2 aliphatic heterocycles. The van der Waals surface area contributed by atoms with Gasteiger partial charge in [-0.1, -0.05) is 42.5 Å². The summed E-state index contributed by atoms with van der Waals surface area (Å²) in [6.07, 6.45) is 2.13. The number of aliphatic hydroxyl groups excluding tert-OH is 1.